The van der Waals surface area contributed by atoms with Gasteiger partial charge in [0.05, 0.1) is 24.5 Å². The van der Waals surface area contributed by atoms with Gasteiger partial charge in [-0.05, 0) is 42.7 Å². The molecular weight excluding hydrogens is 342 g/mol. The normalized spacial score (nSPS) is 10.9. The molecule has 1 amide bonds. The fourth-order valence-electron chi connectivity index (χ4n) is 2.49. The first-order valence-electron chi connectivity index (χ1n) is 9.03. The number of hydrogen-bond donors (Lipinski definition) is 2. The summed E-state index contributed by atoms with van der Waals surface area (Å²) < 4.78 is 10.7. The zero-order valence-corrected chi connectivity index (χ0v) is 15.9. The lowest BCUT2D eigenvalue weighted by molar-refractivity contribution is 0.0951. The maximum Gasteiger partial charge on any atom is 0.255 e. The van der Waals surface area contributed by atoms with E-state index in [0.717, 1.165) is 24.2 Å². The summed E-state index contributed by atoms with van der Waals surface area (Å²) in [6, 6.07) is 11.1. The van der Waals surface area contributed by atoms with Gasteiger partial charge in [0, 0.05) is 13.7 Å². The van der Waals surface area contributed by atoms with E-state index in [2.05, 4.69) is 29.4 Å². The minimum absolute atomic E-state index is 0.194. The molecule has 0 spiro atoms. The van der Waals surface area contributed by atoms with Gasteiger partial charge in [-0.15, -0.1) is 0 Å². The van der Waals surface area contributed by atoms with Gasteiger partial charge in [-0.2, -0.15) is 0 Å². The maximum atomic E-state index is 12.4. The van der Waals surface area contributed by atoms with Crippen LogP contribution in [-0.4, -0.2) is 24.6 Å². The van der Waals surface area contributed by atoms with E-state index >= 15 is 0 Å². The Hall–Kier alpha value is -2.86. The molecule has 0 aliphatic heterocycles. The van der Waals surface area contributed by atoms with Crippen molar-refractivity contribution in [2.45, 2.75) is 32.9 Å². The van der Waals surface area contributed by atoms with E-state index in [4.69, 9.17) is 15.2 Å². The van der Waals surface area contributed by atoms with Gasteiger partial charge in [0.1, 0.15) is 11.6 Å². The van der Waals surface area contributed by atoms with Gasteiger partial charge in [0.2, 0.25) is 0 Å². The molecule has 0 saturated heterocycles. The summed E-state index contributed by atoms with van der Waals surface area (Å²) >= 11 is 0. The largest absolute Gasteiger partial charge is 0.493 e. The highest BCUT2D eigenvalue weighted by atomic mass is 16.5. The van der Waals surface area contributed by atoms with Gasteiger partial charge in [-0.1, -0.05) is 31.2 Å². The molecule has 144 valence electrons. The number of carbonyl (C=O) groups excluding carboxylic acids is 1. The predicted octanol–water partition coefficient (Wildman–Crippen LogP) is 3.48. The van der Waals surface area contributed by atoms with Crippen LogP contribution in [0, 0.1) is 0 Å². The van der Waals surface area contributed by atoms with Crippen LogP contribution in [0.4, 0.5) is 5.82 Å². The van der Waals surface area contributed by atoms with E-state index in [9.17, 15) is 4.79 Å². The molecule has 6 nitrogen and oxygen atoms in total. The van der Waals surface area contributed by atoms with Crippen molar-refractivity contribution in [1.29, 1.82) is 0 Å². The molecule has 0 atom stereocenters. The highest BCUT2D eigenvalue weighted by Gasteiger charge is 2.11. The Kier molecular flexibility index (Phi) is 8.32. The molecule has 1 aromatic carbocycles. The van der Waals surface area contributed by atoms with Crippen LogP contribution in [-0.2, 0) is 17.9 Å². The zero-order chi connectivity index (χ0) is 19.5. The van der Waals surface area contributed by atoms with E-state index < -0.39 is 0 Å². The first kappa shape index (κ1) is 20.5. The van der Waals surface area contributed by atoms with Crippen molar-refractivity contribution < 1.29 is 14.3 Å². The second-order valence-corrected chi connectivity index (χ2v) is 6.02. The number of amides is 1. The van der Waals surface area contributed by atoms with Gasteiger partial charge < -0.3 is 20.5 Å². The summed E-state index contributed by atoms with van der Waals surface area (Å²) in [4.78, 5) is 16.5. The number of anilines is 1. The van der Waals surface area contributed by atoms with E-state index in [0.29, 0.717) is 31.0 Å². The van der Waals surface area contributed by atoms with Crippen LogP contribution >= 0.6 is 0 Å². The van der Waals surface area contributed by atoms with Crippen molar-refractivity contribution in [1.82, 2.24) is 10.3 Å². The summed E-state index contributed by atoms with van der Waals surface area (Å²) in [5, 5.41) is 2.86. The SMILES string of the molecule is CC/C=C/CCOc1cccc(CNC(=O)c2ccc(COC)nc2N)c1. The third kappa shape index (κ3) is 6.75. The number of ether oxygens (including phenoxy) is 2. The van der Waals surface area contributed by atoms with Crippen LogP contribution in [0.3, 0.4) is 0 Å². The number of nitrogen functional groups attached to an aromatic ring is 1. The number of nitrogens with zero attached hydrogens (tertiary/aromatic N) is 1. The van der Waals surface area contributed by atoms with Crippen LogP contribution < -0.4 is 15.8 Å². The molecule has 0 aliphatic rings. The lowest BCUT2D eigenvalue weighted by Crippen LogP contribution is -2.24. The molecule has 0 bridgehead atoms. The maximum absolute atomic E-state index is 12.4. The molecule has 6 heteroatoms. The van der Waals surface area contributed by atoms with Crippen molar-refractivity contribution in [3.63, 3.8) is 0 Å². The van der Waals surface area contributed by atoms with Gasteiger partial charge in [-0.3, -0.25) is 4.79 Å². The quantitative estimate of drug-likeness (QED) is 0.495. The molecule has 0 unspecified atom stereocenters. The minimum Gasteiger partial charge on any atom is -0.493 e. The average molecular weight is 369 g/mol. The first-order chi connectivity index (χ1) is 13.1. The molecule has 0 radical (unpaired) electrons. The summed E-state index contributed by atoms with van der Waals surface area (Å²) in [6.45, 7) is 3.47. The number of pyridine rings is 1. The van der Waals surface area contributed by atoms with Crippen molar-refractivity contribution in [3.05, 3.63) is 65.4 Å². The number of nitrogens with one attached hydrogen (secondary N) is 1. The van der Waals surface area contributed by atoms with Gasteiger partial charge in [0.25, 0.3) is 5.91 Å². The molecule has 3 N–H and O–H groups in total. The number of nitrogens with two attached hydrogens (primary N) is 1. The monoisotopic (exact) mass is 369 g/mol. The van der Waals surface area contributed by atoms with E-state index in [1.54, 1.807) is 19.2 Å². The topological polar surface area (TPSA) is 86.5 Å². The predicted molar refractivity (Wildman–Crippen MR) is 107 cm³/mol. The van der Waals surface area contributed by atoms with E-state index in [1.807, 2.05) is 24.3 Å². The Labute approximate surface area is 160 Å². The molecule has 0 saturated carbocycles. The Morgan fingerprint density at radius 1 is 1.26 bits per heavy atom. The van der Waals surface area contributed by atoms with Crippen LogP contribution in [0.5, 0.6) is 5.75 Å². The molecule has 2 rings (SSSR count). The van der Waals surface area contributed by atoms with Gasteiger partial charge in [-0.25, -0.2) is 4.98 Å². The fraction of sp³-hybridized carbons (Fsp3) is 0.333. The third-order valence-electron chi connectivity index (χ3n) is 3.83. The molecule has 0 fully saturated rings. The van der Waals surface area contributed by atoms with E-state index in [-0.39, 0.29) is 11.7 Å². The van der Waals surface area contributed by atoms with Crippen LogP contribution in [0.2, 0.25) is 0 Å². The first-order valence-corrected chi connectivity index (χ1v) is 9.03. The number of allylic oxidation sites excluding steroid dienone is 1. The smallest absolute Gasteiger partial charge is 0.255 e. The summed E-state index contributed by atoms with van der Waals surface area (Å²) in [5.41, 5.74) is 7.87. The zero-order valence-electron chi connectivity index (χ0n) is 15.9. The Balaban J connectivity index is 1.89. The standard InChI is InChI=1S/C21H27N3O3/c1-3-4-5-6-12-27-18-9-7-8-16(13-18)14-23-21(25)19-11-10-17(15-26-2)24-20(19)22/h4-5,7-11,13H,3,6,12,14-15H2,1-2H3,(H2,22,24)(H,23,25)/b5-4+. The van der Waals surface area contributed by atoms with Crippen LogP contribution in [0.15, 0.2) is 48.6 Å². The fourth-order valence-corrected chi connectivity index (χ4v) is 2.49. The van der Waals surface area contributed by atoms with Crippen molar-refractivity contribution >= 4 is 11.7 Å². The second-order valence-electron chi connectivity index (χ2n) is 6.02. The highest BCUT2D eigenvalue weighted by molar-refractivity contribution is 5.98. The van der Waals surface area contributed by atoms with Crippen molar-refractivity contribution in [2.75, 3.05) is 19.5 Å². The Bertz CT molecular complexity index is 775. The number of rotatable bonds is 10. The number of carbonyl (C=O) groups is 1. The number of hydrogen-bond acceptors (Lipinski definition) is 5. The third-order valence-corrected chi connectivity index (χ3v) is 3.83. The summed E-state index contributed by atoms with van der Waals surface area (Å²) in [5.74, 6) is 0.719. The molecule has 1 heterocycles. The average Bonchev–Trinajstić information content (AvgIpc) is 2.67. The Morgan fingerprint density at radius 3 is 2.85 bits per heavy atom. The minimum atomic E-state index is -0.264. The summed E-state index contributed by atoms with van der Waals surface area (Å²) in [7, 11) is 1.58. The number of methoxy groups -OCH3 is 1. The van der Waals surface area contributed by atoms with Gasteiger partial charge in [0.15, 0.2) is 0 Å². The number of aromatic nitrogens is 1. The summed E-state index contributed by atoms with van der Waals surface area (Å²) in [6.07, 6.45) is 6.14. The Morgan fingerprint density at radius 2 is 2.11 bits per heavy atom. The molecule has 27 heavy (non-hydrogen) atoms. The molecule has 2 aromatic rings. The number of benzene rings is 1. The van der Waals surface area contributed by atoms with Crippen molar-refractivity contribution in [3.8, 4) is 5.75 Å². The lowest BCUT2D eigenvalue weighted by Gasteiger charge is -2.10. The van der Waals surface area contributed by atoms with Crippen LogP contribution in [0.25, 0.3) is 0 Å². The molecule has 0 aliphatic carbocycles. The van der Waals surface area contributed by atoms with E-state index in [1.165, 1.54) is 0 Å². The van der Waals surface area contributed by atoms with Gasteiger partial charge >= 0.3 is 0 Å². The van der Waals surface area contributed by atoms with Crippen LogP contribution in [0.1, 0.15) is 41.4 Å². The molecular formula is C21H27N3O3. The highest BCUT2D eigenvalue weighted by Crippen LogP contribution is 2.15. The molecule has 1 aromatic heterocycles. The second kappa shape index (κ2) is 11.0. The lowest BCUT2D eigenvalue weighted by atomic mass is 10.2. The van der Waals surface area contributed by atoms with Crippen molar-refractivity contribution in [2.24, 2.45) is 0 Å².